The minimum absolute atomic E-state index is 0.0168. The fourth-order valence-electron chi connectivity index (χ4n) is 2.38. The molecule has 0 spiro atoms. The van der Waals surface area contributed by atoms with Crippen LogP contribution in [0.2, 0.25) is 0 Å². The molecular weight excluding hydrogens is 428 g/mol. The number of anilines is 3. The predicted molar refractivity (Wildman–Crippen MR) is 99.9 cm³/mol. The molecule has 2 N–H and O–H groups in total. The van der Waals surface area contributed by atoms with Crippen LogP contribution >= 0.6 is 0 Å². The summed E-state index contributed by atoms with van der Waals surface area (Å²) in [6, 6.07) is 12.6. The van der Waals surface area contributed by atoms with Crippen LogP contribution < -0.4 is 15.4 Å². The average molecular weight is 443 g/mol. The Hall–Kier alpha value is -3.57. The Morgan fingerprint density at radius 3 is 2.19 bits per heavy atom. The number of hydrogen-bond acceptors (Lipinski definition) is 6. The van der Waals surface area contributed by atoms with Crippen LogP contribution in [0.25, 0.3) is 0 Å². The largest absolute Gasteiger partial charge is 0.454 e. The van der Waals surface area contributed by atoms with E-state index in [2.05, 4.69) is 30.3 Å². The van der Waals surface area contributed by atoms with Gasteiger partial charge in [0.05, 0.1) is 5.56 Å². The zero-order valence-electron chi connectivity index (χ0n) is 15.6. The van der Waals surface area contributed by atoms with Crippen LogP contribution in [0.5, 0.6) is 6.01 Å². The molecule has 0 bridgehead atoms. The molecule has 0 amide bonds. The van der Waals surface area contributed by atoms with Crippen LogP contribution in [0.1, 0.15) is 11.1 Å². The lowest BCUT2D eigenvalue weighted by atomic mass is 10.2. The van der Waals surface area contributed by atoms with Gasteiger partial charge in [-0.25, -0.2) is 0 Å². The van der Waals surface area contributed by atoms with E-state index in [9.17, 15) is 26.3 Å². The van der Waals surface area contributed by atoms with Gasteiger partial charge < -0.3 is 15.4 Å². The maximum absolute atomic E-state index is 12.9. The average Bonchev–Trinajstić information content (AvgIpc) is 2.71. The lowest BCUT2D eigenvalue weighted by molar-refractivity contribution is -0.154. The first-order valence-corrected chi connectivity index (χ1v) is 8.76. The van der Waals surface area contributed by atoms with Gasteiger partial charge in [0.15, 0.2) is 6.61 Å². The first kappa shape index (κ1) is 22.1. The van der Waals surface area contributed by atoms with E-state index in [1.807, 2.05) is 6.07 Å². The smallest absolute Gasteiger partial charge is 0.422 e. The SMILES string of the molecule is FC(F)(F)COc1nc(NCc2ccccc2)nc(Nc2cccc(C(F)(F)F)c2)n1. The standard InChI is InChI=1S/C19H15F6N5O/c20-18(21,22)11-31-17-29-15(26-10-12-5-2-1-3-6-12)28-16(30-17)27-14-8-4-7-13(9-14)19(23,24)25/h1-9H,10-11H2,(H2,26,27,28,29,30). The summed E-state index contributed by atoms with van der Waals surface area (Å²) in [7, 11) is 0. The molecule has 0 saturated carbocycles. The molecule has 3 aromatic rings. The molecule has 0 radical (unpaired) electrons. The molecule has 164 valence electrons. The van der Waals surface area contributed by atoms with E-state index in [0.717, 1.165) is 17.7 Å². The Morgan fingerprint density at radius 2 is 1.52 bits per heavy atom. The van der Waals surface area contributed by atoms with Crippen LogP contribution in [0, 0.1) is 0 Å². The van der Waals surface area contributed by atoms with Crippen LogP contribution in [0.15, 0.2) is 54.6 Å². The number of benzene rings is 2. The van der Waals surface area contributed by atoms with Crippen LogP contribution in [0.3, 0.4) is 0 Å². The van der Waals surface area contributed by atoms with Gasteiger partial charge in [-0.2, -0.15) is 41.3 Å². The number of aromatic nitrogens is 3. The summed E-state index contributed by atoms with van der Waals surface area (Å²) in [5.41, 5.74) is -0.0904. The van der Waals surface area contributed by atoms with Gasteiger partial charge in [0.2, 0.25) is 11.9 Å². The molecule has 6 nitrogen and oxygen atoms in total. The van der Waals surface area contributed by atoms with Crippen molar-refractivity contribution < 1.29 is 31.1 Å². The highest BCUT2D eigenvalue weighted by atomic mass is 19.4. The molecular formula is C19H15F6N5O. The van der Waals surface area contributed by atoms with E-state index in [-0.39, 0.29) is 24.1 Å². The van der Waals surface area contributed by atoms with Crippen LogP contribution in [-0.4, -0.2) is 27.7 Å². The number of ether oxygens (including phenoxy) is 1. The second-order valence-electron chi connectivity index (χ2n) is 6.21. The van der Waals surface area contributed by atoms with Gasteiger partial charge in [-0.15, -0.1) is 0 Å². The van der Waals surface area contributed by atoms with Gasteiger partial charge in [0.25, 0.3) is 0 Å². The Balaban J connectivity index is 1.83. The molecule has 0 unspecified atom stereocenters. The van der Waals surface area contributed by atoms with Crippen molar-refractivity contribution >= 4 is 17.6 Å². The van der Waals surface area contributed by atoms with E-state index >= 15 is 0 Å². The molecule has 0 saturated heterocycles. The summed E-state index contributed by atoms with van der Waals surface area (Å²) in [5.74, 6) is -0.410. The highest BCUT2D eigenvalue weighted by Gasteiger charge is 2.31. The van der Waals surface area contributed by atoms with Gasteiger partial charge in [0, 0.05) is 12.2 Å². The molecule has 0 aliphatic rings. The minimum Gasteiger partial charge on any atom is -0.454 e. The predicted octanol–water partition coefficient (Wildman–Crippen LogP) is 5.19. The zero-order chi connectivity index (χ0) is 22.5. The minimum atomic E-state index is -4.63. The topological polar surface area (TPSA) is 72.0 Å². The number of alkyl halides is 6. The van der Waals surface area contributed by atoms with Crippen molar-refractivity contribution in [1.82, 2.24) is 15.0 Å². The highest BCUT2D eigenvalue weighted by Crippen LogP contribution is 2.31. The van der Waals surface area contributed by atoms with Crippen molar-refractivity contribution in [1.29, 1.82) is 0 Å². The molecule has 0 fully saturated rings. The highest BCUT2D eigenvalue weighted by molar-refractivity contribution is 5.55. The van der Waals surface area contributed by atoms with Crippen molar-refractivity contribution in [3.63, 3.8) is 0 Å². The Bertz CT molecular complexity index is 1010. The van der Waals surface area contributed by atoms with Gasteiger partial charge in [0.1, 0.15) is 0 Å². The van der Waals surface area contributed by atoms with E-state index in [0.29, 0.717) is 0 Å². The van der Waals surface area contributed by atoms with E-state index < -0.39 is 30.5 Å². The Morgan fingerprint density at radius 1 is 0.806 bits per heavy atom. The normalized spacial score (nSPS) is 11.8. The zero-order valence-corrected chi connectivity index (χ0v) is 15.6. The lowest BCUT2D eigenvalue weighted by Gasteiger charge is -2.13. The second kappa shape index (κ2) is 9.06. The summed E-state index contributed by atoms with van der Waals surface area (Å²) in [6.07, 6.45) is -9.20. The summed E-state index contributed by atoms with van der Waals surface area (Å²) in [4.78, 5) is 11.5. The van der Waals surface area contributed by atoms with Crippen molar-refractivity contribution in [3.8, 4) is 6.01 Å². The van der Waals surface area contributed by atoms with Crippen LogP contribution in [0.4, 0.5) is 43.9 Å². The monoisotopic (exact) mass is 443 g/mol. The molecule has 1 aromatic heterocycles. The van der Waals surface area contributed by atoms with Crippen LogP contribution in [-0.2, 0) is 12.7 Å². The molecule has 2 aromatic carbocycles. The third-order valence-corrected chi connectivity index (χ3v) is 3.72. The number of hydrogen-bond donors (Lipinski definition) is 2. The molecule has 12 heteroatoms. The maximum Gasteiger partial charge on any atom is 0.422 e. The number of rotatable bonds is 7. The third kappa shape index (κ3) is 7.01. The van der Waals surface area contributed by atoms with Gasteiger partial charge in [-0.1, -0.05) is 36.4 Å². The quantitative estimate of drug-likeness (QED) is 0.490. The first-order valence-electron chi connectivity index (χ1n) is 8.76. The molecule has 0 atom stereocenters. The fraction of sp³-hybridized carbons (Fsp3) is 0.211. The fourth-order valence-corrected chi connectivity index (χ4v) is 2.38. The number of nitrogens with zero attached hydrogens (tertiary/aromatic N) is 3. The summed E-state index contributed by atoms with van der Waals surface area (Å²) < 4.78 is 80.7. The molecule has 0 aliphatic carbocycles. The summed E-state index contributed by atoms with van der Waals surface area (Å²) in [6.45, 7) is -1.40. The van der Waals surface area contributed by atoms with E-state index in [1.165, 1.54) is 12.1 Å². The summed E-state index contributed by atoms with van der Waals surface area (Å²) >= 11 is 0. The lowest BCUT2D eigenvalue weighted by Crippen LogP contribution is -2.21. The second-order valence-corrected chi connectivity index (χ2v) is 6.21. The Kier molecular flexibility index (Phi) is 6.47. The third-order valence-electron chi connectivity index (χ3n) is 3.72. The maximum atomic E-state index is 12.9. The van der Waals surface area contributed by atoms with Gasteiger partial charge in [-0.05, 0) is 23.8 Å². The molecule has 3 rings (SSSR count). The van der Waals surface area contributed by atoms with Crippen molar-refractivity contribution in [3.05, 3.63) is 65.7 Å². The van der Waals surface area contributed by atoms with Crippen molar-refractivity contribution in [2.24, 2.45) is 0 Å². The summed E-state index contributed by atoms with van der Waals surface area (Å²) in [5, 5.41) is 5.35. The molecule has 1 heterocycles. The van der Waals surface area contributed by atoms with Crippen molar-refractivity contribution in [2.45, 2.75) is 18.9 Å². The van der Waals surface area contributed by atoms with Gasteiger partial charge in [-0.3, -0.25) is 0 Å². The van der Waals surface area contributed by atoms with Crippen molar-refractivity contribution in [2.75, 3.05) is 17.2 Å². The Labute approximate surface area is 172 Å². The number of halogens is 6. The first-order chi connectivity index (χ1) is 14.6. The molecule has 0 aliphatic heterocycles. The molecule has 31 heavy (non-hydrogen) atoms. The van der Waals surface area contributed by atoms with E-state index in [1.54, 1.807) is 24.3 Å². The van der Waals surface area contributed by atoms with E-state index in [4.69, 9.17) is 0 Å². The number of nitrogens with one attached hydrogen (secondary N) is 2. The van der Waals surface area contributed by atoms with Gasteiger partial charge >= 0.3 is 18.4 Å².